The zero-order valence-electron chi connectivity index (χ0n) is 15.6. The monoisotopic (exact) mass is 343 g/mol. The molecule has 134 valence electrons. The molecular formula is C20H25NO4. The highest BCUT2D eigenvalue weighted by Crippen LogP contribution is 2.32. The molecule has 0 aliphatic rings. The number of carbonyl (C=O) groups is 1. The van der Waals surface area contributed by atoms with E-state index in [1.54, 1.807) is 39.5 Å². The van der Waals surface area contributed by atoms with Crippen LogP contribution < -0.4 is 19.5 Å². The van der Waals surface area contributed by atoms with Gasteiger partial charge in [-0.3, -0.25) is 4.79 Å². The first-order valence-corrected chi connectivity index (χ1v) is 8.13. The van der Waals surface area contributed by atoms with Crippen molar-refractivity contribution < 1.29 is 19.0 Å². The van der Waals surface area contributed by atoms with Gasteiger partial charge in [0.25, 0.3) is 5.91 Å². The fraction of sp³-hybridized carbons (Fsp3) is 0.350. The Hall–Kier alpha value is -2.69. The minimum atomic E-state index is -0.189. The summed E-state index contributed by atoms with van der Waals surface area (Å²) in [6.45, 7) is 6.04. The third kappa shape index (κ3) is 4.05. The number of carbonyl (C=O) groups excluding carboxylic acids is 1. The van der Waals surface area contributed by atoms with Gasteiger partial charge in [-0.05, 0) is 48.2 Å². The largest absolute Gasteiger partial charge is 0.497 e. The van der Waals surface area contributed by atoms with Crippen LogP contribution in [-0.2, 0) is 0 Å². The third-order valence-electron chi connectivity index (χ3n) is 4.10. The second kappa shape index (κ2) is 7.92. The lowest BCUT2D eigenvalue weighted by Gasteiger charge is -2.17. The van der Waals surface area contributed by atoms with Gasteiger partial charge in [-0.15, -0.1) is 0 Å². The van der Waals surface area contributed by atoms with E-state index in [0.29, 0.717) is 22.7 Å². The number of amides is 1. The molecule has 0 heterocycles. The van der Waals surface area contributed by atoms with E-state index in [2.05, 4.69) is 19.2 Å². The molecule has 0 saturated carbocycles. The number of anilines is 1. The maximum Gasteiger partial charge on any atom is 0.256 e. The van der Waals surface area contributed by atoms with Crippen LogP contribution in [0.5, 0.6) is 17.2 Å². The van der Waals surface area contributed by atoms with Crippen molar-refractivity contribution in [3.8, 4) is 17.2 Å². The molecule has 0 aliphatic carbocycles. The summed E-state index contributed by atoms with van der Waals surface area (Å²) >= 11 is 0. The number of benzene rings is 2. The van der Waals surface area contributed by atoms with E-state index in [1.807, 2.05) is 19.1 Å². The van der Waals surface area contributed by atoms with Gasteiger partial charge >= 0.3 is 0 Å². The molecule has 2 aromatic carbocycles. The molecule has 0 aliphatic heterocycles. The van der Waals surface area contributed by atoms with Crippen LogP contribution in [0.1, 0.15) is 41.3 Å². The molecule has 0 saturated heterocycles. The van der Waals surface area contributed by atoms with Crippen LogP contribution in [0.25, 0.3) is 0 Å². The minimum Gasteiger partial charge on any atom is -0.497 e. The van der Waals surface area contributed by atoms with E-state index in [4.69, 9.17) is 14.2 Å². The quantitative estimate of drug-likeness (QED) is 0.845. The van der Waals surface area contributed by atoms with Crippen LogP contribution in [0.2, 0.25) is 0 Å². The van der Waals surface area contributed by atoms with Gasteiger partial charge in [0.05, 0.1) is 27.0 Å². The predicted octanol–water partition coefficient (Wildman–Crippen LogP) is 4.40. The first-order valence-electron chi connectivity index (χ1n) is 8.13. The second-order valence-electron chi connectivity index (χ2n) is 6.08. The Labute approximate surface area is 148 Å². The van der Waals surface area contributed by atoms with Crippen molar-refractivity contribution in [2.45, 2.75) is 26.7 Å². The van der Waals surface area contributed by atoms with Crippen LogP contribution in [0.15, 0.2) is 30.3 Å². The summed E-state index contributed by atoms with van der Waals surface area (Å²) in [6, 6.07) is 9.06. The van der Waals surface area contributed by atoms with Crippen LogP contribution in [0.3, 0.4) is 0 Å². The minimum absolute atomic E-state index is 0.189. The smallest absolute Gasteiger partial charge is 0.256 e. The highest BCUT2D eigenvalue weighted by atomic mass is 16.5. The number of hydrogen-bond donors (Lipinski definition) is 1. The van der Waals surface area contributed by atoms with Gasteiger partial charge in [0.1, 0.15) is 17.2 Å². The Balaban J connectivity index is 2.37. The van der Waals surface area contributed by atoms with E-state index in [-0.39, 0.29) is 11.8 Å². The van der Waals surface area contributed by atoms with Crippen LogP contribution in [0.4, 0.5) is 5.69 Å². The fourth-order valence-electron chi connectivity index (χ4n) is 2.66. The zero-order valence-corrected chi connectivity index (χ0v) is 15.6. The van der Waals surface area contributed by atoms with Crippen molar-refractivity contribution in [3.05, 3.63) is 47.0 Å². The summed E-state index contributed by atoms with van der Waals surface area (Å²) in [5, 5.41) is 2.91. The van der Waals surface area contributed by atoms with Crippen molar-refractivity contribution in [1.82, 2.24) is 0 Å². The Kier molecular flexibility index (Phi) is 5.91. The molecule has 0 unspecified atom stereocenters. The summed E-state index contributed by atoms with van der Waals surface area (Å²) < 4.78 is 16.0. The average Bonchev–Trinajstić information content (AvgIpc) is 2.61. The lowest BCUT2D eigenvalue weighted by Crippen LogP contribution is -2.15. The molecule has 0 spiro atoms. The Morgan fingerprint density at radius 2 is 1.64 bits per heavy atom. The van der Waals surface area contributed by atoms with Gasteiger partial charge in [0.15, 0.2) is 0 Å². The predicted molar refractivity (Wildman–Crippen MR) is 99.3 cm³/mol. The molecule has 0 atom stereocenters. The summed E-state index contributed by atoms with van der Waals surface area (Å²) in [7, 11) is 4.78. The molecule has 0 aromatic heterocycles. The SMILES string of the molecule is COc1ccc(NC(=O)c2cc(C(C)C)c(OC)cc2C)c(OC)c1. The summed E-state index contributed by atoms with van der Waals surface area (Å²) in [5.41, 5.74) is 3.06. The van der Waals surface area contributed by atoms with E-state index < -0.39 is 0 Å². The Morgan fingerprint density at radius 1 is 0.960 bits per heavy atom. The number of rotatable bonds is 6. The first kappa shape index (κ1) is 18.6. The summed E-state index contributed by atoms with van der Waals surface area (Å²) in [4.78, 5) is 12.8. The van der Waals surface area contributed by atoms with Gasteiger partial charge in [0, 0.05) is 11.6 Å². The topological polar surface area (TPSA) is 56.8 Å². The van der Waals surface area contributed by atoms with Crippen LogP contribution in [-0.4, -0.2) is 27.2 Å². The maximum absolute atomic E-state index is 12.8. The molecule has 1 amide bonds. The number of methoxy groups -OCH3 is 3. The van der Waals surface area contributed by atoms with Crippen molar-refractivity contribution in [2.24, 2.45) is 0 Å². The van der Waals surface area contributed by atoms with E-state index >= 15 is 0 Å². The second-order valence-corrected chi connectivity index (χ2v) is 6.08. The van der Waals surface area contributed by atoms with E-state index in [0.717, 1.165) is 16.9 Å². The summed E-state index contributed by atoms with van der Waals surface area (Å²) in [6.07, 6.45) is 0. The third-order valence-corrected chi connectivity index (χ3v) is 4.10. The van der Waals surface area contributed by atoms with E-state index in [9.17, 15) is 4.79 Å². The zero-order chi connectivity index (χ0) is 18.6. The molecule has 0 radical (unpaired) electrons. The number of hydrogen-bond acceptors (Lipinski definition) is 4. The molecule has 5 nitrogen and oxygen atoms in total. The van der Waals surface area contributed by atoms with Crippen LogP contribution >= 0.6 is 0 Å². The molecule has 5 heteroatoms. The van der Waals surface area contributed by atoms with Crippen LogP contribution in [0, 0.1) is 6.92 Å². The van der Waals surface area contributed by atoms with E-state index in [1.165, 1.54) is 0 Å². The highest BCUT2D eigenvalue weighted by molar-refractivity contribution is 6.06. The Morgan fingerprint density at radius 3 is 2.20 bits per heavy atom. The van der Waals surface area contributed by atoms with Crippen molar-refractivity contribution in [2.75, 3.05) is 26.6 Å². The van der Waals surface area contributed by atoms with Crippen molar-refractivity contribution in [3.63, 3.8) is 0 Å². The molecule has 25 heavy (non-hydrogen) atoms. The Bertz CT molecular complexity index is 769. The normalized spacial score (nSPS) is 10.5. The van der Waals surface area contributed by atoms with Gasteiger partial charge in [-0.2, -0.15) is 0 Å². The molecule has 2 aromatic rings. The average molecular weight is 343 g/mol. The maximum atomic E-state index is 12.8. The van der Waals surface area contributed by atoms with Crippen molar-refractivity contribution >= 4 is 11.6 Å². The molecular weight excluding hydrogens is 318 g/mol. The van der Waals surface area contributed by atoms with Gasteiger partial charge in [0.2, 0.25) is 0 Å². The van der Waals surface area contributed by atoms with Gasteiger partial charge in [-0.25, -0.2) is 0 Å². The number of ether oxygens (including phenoxy) is 3. The first-order chi connectivity index (χ1) is 11.9. The standard InChI is InChI=1S/C20H25NO4/c1-12(2)15-11-16(13(3)9-18(15)24-5)20(22)21-17-8-7-14(23-4)10-19(17)25-6/h7-12H,1-6H3,(H,21,22). The lowest BCUT2D eigenvalue weighted by molar-refractivity contribution is 0.102. The fourth-order valence-corrected chi connectivity index (χ4v) is 2.66. The molecule has 2 rings (SSSR count). The molecule has 0 fully saturated rings. The summed E-state index contributed by atoms with van der Waals surface area (Å²) in [5.74, 6) is 2.06. The lowest BCUT2D eigenvalue weighted by atomic mass is 9.96. The van der Waals surface area contributed by atoms with Crippen molar-refractivity contribution in [1.29, 1.82) is 0 Å². The number of nitrogens with one attached hydrogen (secondary N) is 1. The molecule has 1 N–H and O–H groups in total. The van der Waals surface area contributed by atoms with Gasteiger partial charge < -0.3 is 19.5 Å². The molecule has 0 bridgehead atoms. The highest BCUT2D eigenvalue weighted by Gasteiger charge is 2.17. The van der Waals surface area contributed by atoms with Gasteiger partial charge in [-0.1, -0.05) is 13.8 Å². The number of aryl methyl sites for hydroxylation is 1.